The molecular formula is C19H31N7O. The third-order valence-electron chi connectivity index (χ3n) is 6.07. The standard InChI is InChI=1S/C19H31N7O/c1-15-17(11-20-24(15)3)13-26-6-4-5-16(12-26)19-22-21-18(23(19)2)14-25-7-9-27-10-8-25/h11,16H,4-10,12-14H2,1-3H3/t16-/m1/s1. The number of nitrogens with zero attached hydrogens (tertiary/aromatic N) is 7. The molecule has 0 spiro atoms. The molecule has 0 bridgehead atoms. The van der Waals surface area contributed by atoms with Crippen LogP contribution in [-0.4, -0.2) is 73.7 Å². The highest BCUT2D eigenvalue weighted by Gasteiger charge is 2.27. The first-order chi connectivity index (χ1) is 13.1. The van der Waals surface area contributed by atoms with Crippen molar-refractivity contribution in [3.63, 3.8) is 0 Å². The first kappa shape index (κ1) is 18.6. The predicted octanol–water partition coefficient (Wildman–Crippen LogP) is 1.07. The van der Waals surface area contributed by atoms with Crippen molar-refractivity contribution in [3.05, 3.63) is 29.1 Å². The number of piperidine rings is 1. The van der Waals surface area contributed by atoms with Gasteiger partial charge in [-0.3, -0.25) is 14.5 Å². The molecule has 1 atom stereocenters. The molecule has 0 amide bonds. The van der Waals surface area contributed by atoms with Gasteiger partial charge in [-0.15, -0.1) is 10.2 Å². The minimum Gasteiger partial charge on any atom is -0.379 e. The van der Waals surface area contributed by atoms with Crippen LogP contribution in [0.15, 0.2) is 6.20 Å². The number of aryl methyl sites for hydroxylation is 1. The molecular weight excluding hydrogens is 342 g/mol. The summed E-state index contributed by atoms with van der Waals surface area (Å²) < 4.78 is 9.62. The van der Waals surface area contributed by atoms with Gasteiger partial charge in [0, 0.05) is 57.4 Å². The van der Waals surface area contributed by atoms with Crippen LogP contribution in [0.1, 0.15) is 41.7 Å². The topological polar surface area (TPSA) is 64.2 Å². The highest BCUT2D eigenvalue weighted by Crippen LogP contribution is 2.27. The Hall–Kier alpha value is -1.77. The summed E-state index contributed by atoms with van der Waals surface area (Å²) in [4.78, 5) is 4.93. The van der Waals surface area contributed by atoms with Crippen LogP contribution in [0, 0.1) is 6.92 Å². The van der Waals surface area contributed by atoms with Gasteiger partial charge >= 0.3 is 0 Å². The molecule has 0 saturated carbocycles. The summed E-state index contributed by atoms with van der Waals surface area (Å²) >= 11 is 0. The Morgan fingerprint density at radius 3 is 2.63 bits per heavy atom. The van der Waals surface area contributed by atoms with Gasteiger partial charge in [0.25, 0.3) is 0 Å². The van der Waals surface area contributed by atoms with Crippen LogP contribution in [0.4, 0.5) is 0 Å². The fraction of sp³-hybridized carbons (Fsp3) is 0.737. The summed E-state index contributed by atoms with van der Waals surface area (Å²) in [5, 5.41) is 13.5. The Bertz CT molecular complexity index is 762. The van der Waals surface area contributed by atoms with Crippen molar-refractivity contribution < 1.29 is 4.74 Å². The highest BCUT2D eigenvalue weighted by atomic mass is 16.5. The summed E-state index contributed by atoms with van der Waals surface area (Å²) in [6, 6.07) is 0. The second-order valence-electron chi connectivity index (χ2n) is 7.88. The summed E-state index contributed by atoms with van der Waals surface area (Å²) in [5.74, 6) is 2.64. The fourth-order valence-electron chi connectivity index (χ4n) is 4.18. The molecule has 4 rings (SSSR count). The Balaban J connectivity index is 1.41. The number of hydrogen-bond acceptors (Lipinski definition) is 6. The lowest BCUT2D eigenvalue weighted by molar-refractivity contribution is 0.0326. The van der Waals surface area contributed by atoms with Crippen molar-refractivity contribution in [2.45, 2.75) is 38.8 Å². The van der Waals surface area contributed by atoms with E-state index in [1.54, 1.807) is 0 Å². The van der Waals surface area contributed by atoms with E-state index in [4.69, 9.17) is 4.74 Å². The van der Waals surface area contributed by atoms with Gasteiger partial charge in [-0.1, -0.05) is 0 Å². The molecule has 2 aliphatic rings. The van der Waals surface area contributed by atoms with Gasteiger partial charge in [-0.2, -0.15) is 5.10 Å². The van der Waals surface area contributed by atoms with Crippen molar-refractivity contribution in [2.24, 2.45) is 14.1 Å². The molecule has 27 heavy (non-hydrogen) atoms. The first-order valence-corrected chi connectivity index (χ1v) is 10.00. The van der Waals surface area contributed by atoms with E-state index < -0.39 is 0 Å². The van der Waals surface area contributed by atoms with Crippen LogP contribution in [0.5, 0.6) is 0 Å². The minimum atomic E-state index is 0.451. The molecule has 8 heteroatoms. The molecule has 4 heterocycles. The molecule has 8 nitrogen and oxygen atoms in total. The molecule has 148 valence electrons. The molecule has 2 saturated heterocycles. The Labute approximate surface area is 161 Å². The van der Waals surface area contributed by atoms with E-state index in [9.17, 15) is 0 Å². The van der Waals surface area contributed by atoms with Gasteiger partial charge in [-0.25, -0.2) is 0 Å². The third kappa shape index (κ3) is 4.07. The number of ether oxygens (including phenoxy) is 1. The SMILES string of the molecule is Cc1c(CN2CCC[C@@H](c3nnc(CN4CCOCC4)n3C)C2)cnn1C. The fourth-order valence-corrected chi connectivity index (χ4v) is 4.18. The predicted molar refractivity (Wildman–Crippen MR) is 102 cm³/mol. The second kappa shape index (κ2) is 8.08. The molecule has 0 radical (unpaired) electrons. The quantitative estimate of drug-likeness (QED) is 0.781. The van der Waals surface area contributed by atoms with Crippen molar-refractivity contribution in [1.82, 2.24) is 34.3 Å². The lowest BCUT2D eigenvalue weighted by Gasteiger charge is -2.32. The van der Waals surface area contributed by atoms with Crippen molar-refractivity contribution in [3.8, 4) is 0 Å². The monoisotopic (exact) mass is 373 g/mol. The average molecular weight is 374 g/mol. The molecule has 0 N–H and O–H groups in total. The Morgan fingerprint density at radius 2 is 1.89 bits per heavy atom. The minimum absolute atomic E-state index is 0.451. The maximum absolute atomic E-state index is 5.44. The molecule has 2 aromatic heterocycles. The van der Waals surface area contributed by atoms with Crippen LogP contribution in [0.25, 0.3) is 0 Å². The van der Waals surface area contributed by atoms with E-state index in [0.717, 1.165) is 64.1 Å². The van der Waals surface area contributed by atoms with E-state index >= 15 is 0 Å². The van der Waals surface area contributed by atoms with Crippen molar-refractivity contribution in [2.75, 3.05) is 39.4 Å². The third-order valence-corrected chi connectivity index (χ3v) is 6.07. The van der Waals surface area contributed by atoms with Crippen LogP contribution in [0.2, 0.25) is 0 Å². The zero-order valence-electron chi connectivity index (χ0n) is 16.8. The maximum Gasteiger partial charge on any atom is 0.146 e. The number of hydrogen-bond donors (Lipinski definition) is 0. The van der Waals surface area contributed by atoms with E-state index in [-0.39, 0.29) is 0 Å². The van der Waals surface area contributed by atoms with Crippen LogP contribution < -0.4 is 0 Å². The normalized spacial score (nSPS) is 22.4. The van der Waals surface area contributed by atoms with Gasteiger partial charge in [0.2, 0.25) is 0 Å². The van der Waals surface area contributed by atoms with Crippen molar-refractivity contribution >= 4 is 0 Å². The van der Waals surface area contributed by atoms with Crippen molar-refractivity contribution in [1.29, 1.82) is 0 Å². The lowest BCUT2D eigenvalue weighted by atomic mass is 9.96. The van der Waals surface area contributed by atoms with Gasteiger partial charge in [0.1, 0.15) is 11.6 Å². The summed E-state index contributed by atoms with van der Waals surface area (Å²) in [5.41, 5.74) is 2.58. The molecule has 2 fully saturated rings. The van der Waals surface area contributed by atoms with E-state index in [1.807, 2.05) is 17.9 Å². The maximum atomic E-state index is 5.44. The average Bonchev–Trinajstić information content (AvgIpc) is 3.20. The summed E-state index contributed by atoms with van der Waals surface area (Å²) in [6.45, 7) is 9.73. The molecule has 0 unspecified atom stereocenters. The zero-order chi connectivity index (χ0) is 18.8. The molecule has 2 aromatic rings. The number of rotatable bonds is 5. The van der Waals surface area contributed by atoms with Crippen LogP contribution >= 0.6 is 0 Å². The van der Waals surface area contributed by atoms with Gasteiger partial charge in [0.15, 0.2) is 0 Å². The van der Waals surface area contributed by atoms with E-state index in [1.165, 1.54) is 24.1 Å². The summed E-state index contributed by atoms with van der Waals surface area (Å²) in [6.07, 6.45) is 4.39. The second-order valence-corrected chi connectivity index (χ2v) is 7.88. The smallest absolute Gasteiger partial charge is 0.146 e. The Morgan fingerprint density at radius 1 is 1.07 bits per heavy atom. The first-order valence-electron chi connectivity index (χ1n) is 10.00. The molecule has 2 aliphatic heterocycles. The lowest BCUT2D eigenvalue weighted by Crippen LogP contribution is -2.36. The Kier molecular flexibility index (Phi) is 5.56. The van der Waals surface area contributed by atoms with Gasteiger partial charge in [0.05, 0.1) is 26.0 Å². The van der Waals surface area contributed by atoms with E-state index in [0.29, 0.717) is 5.92 Å². The van der Waals surface area contributed by atoms with Crippen LogP contribution in [-0.2, 0) is 31.9 Å². The van der Waals surface area contributed by atoms with Gasteiger partial charge < -0.3 is 9.30 Å². The molecule has 0 aromatic carbocycles. The molecule has 0 aliphatic carbocycles. The largest absolute Gasteiger partial charge is 0.379 e. The summed E-state index contributed by atoms with van der Waals surface area (Å²) in [7, 11) is 4.13. The van der Waals surface area contributed by atoms with Crippen LogP contribution in [0.3, 0.4) is 0 Å². The van der Waals surface area contributed by atoms with E-state index in [2.05, 4.69) is 43.6 Å². The number of likely N-dealkylation sites (tertiary alicyclic amines) is 1. The zero-order valence-corrected chi connectivity index (χ0v) is 16.8. The number of aromatic nitrogens is 5. The highest BCUT2D eigenvalue weighted by molar-refractivity contribution is 5.16. The number of morpholine rings is 1. The van der Waals surface area contributed by atoms with Gasteiger partial charge in [-0.05, 0) is 26.3 Å².